The summed E-state index contributed by atoms with van der Waals surface area (Å²) in [4.78, 5) is 1.11. The van der Waals surface area contributed by atoms with Gasteiger partial charge in [0.25, 0.3) is 0 Å². The fraction of sp³-hybridized carbons (Fsp3) is 0.467. The van der Waals surface area contributed by atoms with Crippen molar-refractivity contribution >= 4 is 23.1 Å². The van der Waals surface area contributed by atoms with Crippen molar-refractivity contribution in [3.05, 3.63) is 29.3 Å². The molecule has 4 heterocycles. The van der Waals surface area contributed by atoms with Crippen LogP contribution < -0.4 is 0 Å². The van der Waals surface area contributed by atoms with Crippen LogP contribution in [-0.2, 0) is 17.0 Å². The number of thiophene rings is 1. The van der Waals surface area contributed by atoms with Crippen molar-refractivity contribution in [2.24, 2.45) is 0 Å². The molecule has 1 atom stereocenters. The van der Waals surface area contributed by atoms with Gasteiger partial charge < -0.3 is 9.15 Å². The summed E-state index contributed by atoms with van der Waals surface area (Å²) in [6.45, 7) is 3.40. The van der Waals surface area contributed by atoms with E-state index in [9.17, 15) is 0 Å². The van der Waals surface area contributed by atoms with Gasteiger partial charge in [-0.25, -0.2) is 0 Å². The SMILES string of the molecule is Cc1nnc(CSc2nnc(-c3cccs3)n2CC2CCCO2)o1. The highest BCUT2D eigenvalue weighted by Crippen LogP contribution is 2.30. The van der Waals surface area contributed by atoms with Crippen molar-refractivity contribution < 1.29 is 9.15 Å². The van der Waals surface area contributed by atoms with Crippen molar-refractivity contribution in [1.82, 2.24) is 25.0 Å². The van der Waals surface area contributed by atoms with E-state index < -0.39 is 0 Å². The minimum Gasteiger partial charge on any atom is -0.425 e. The molecule has 0 saturated carbocycles. The number of aromatic nitrogens is 5. The summed E-state index contributed by atoms with van der Waals surface area (Å²) in [5.41, 5.74) is 0. The maximum absolute atomic E-state index is 5.80. The van der Waals surface area contributed by atoms with Gasteiger partial charge in [0.05, 0.1) is 23.3 Å². The quantitative estimate of drug-likeness (QED) is 0.622. The molecule has 3 aromatic heterocycles. The third-order valence-corrected chi connectivity index (χ3v) is 5.58. The van der Waals surface area contributed by atoms with E-state index in [1.165, 1.54) is 0 Å². The molecule has 1 saturated heterocycles. The summed E-state index contributed by atoms with van der Waals surface area (Å²) in [6, 6.07) is 4.09. The van der Waals surface area contributed by atoms with Crippen LogP contribution >= 0.6 is 23.1 Å². The van der Waals surface area contributed by atoms with Gasteiger partial charge in [-0.2, -0.15) is 0 Å². The highest BCUT2D eigenvalue weighted by molar-refractivity contribution is 7.98. The van der Waals surface area contributed by atoms with Crippen LogP contribution in [0.25, 0.3) is 10.7 Å². The molecule has 0 radical (unpaired) electrons. The van der Waals surface area contributed by atoms with E-state index in [-0.39, 0.29) is 6.10 Å². The van der Waals surface area contributed by atoms with Crippen LogP contribution in [0.2, 0.25) is 0 Å². The zero-order valence-electron chi connectivity index (χ0n) is 13.2. The molecular formula is C15H17N5O2S2. The molecule has 3 aromatic rings. The summed E-state index contributed by atoms with van der Waals surface area (Å²) >= 11 is 3.22. The minimum atomic E-state index is 0.227. The Morgan fingerprint density at radius 1 is 1.33 bits per heavy atom. The highest BCUT2D eigenvalue weighted by Gasteiger charge is 2.22. The zero-order chi connectivity index (χ0) is 16.4. The Kier molecular flexibility index (Phi) is 4.63. The topological polar surface area (TPSA) is 78.9 Å². The van der Waals surface area contributed by atoms with Crippen LogP contribution in [0, 0.1) is 6.92 Å². The smallest absolute Gasteiger partial charge is 0.226 e. The Labute approximate surface area is 147 Å². The molecule has 1 fully saturated rings. The van der Waals surface area contributed by atoms with Gasteiger partial charge in [-0.3, -0.25) is 4.57 Å². The Balaban J connectivity index is 1.57. The van der Waals surface area contributed by atoms with E-state index in [1.807, 2.05) is 6.07 Å². The highest BCUT2D eigenvalue weighted by atomic mass is 32.2. The van der Waals surface area contributed by atoms with E-state index in [0.29, 0.717) is 17.5 Å². The standard InChI is InChI=1S/C15H17N5O2S2/c1-10-16-17-13(22-10)9-24-15-19-18-14(12-5-3-7-23-12)20(15)8-11-4-2-6-21-11/h3,5,7,11H,2,4,6,8-9H2,1H3. The molecule has 4 rings (SSSR count). The van der Waals surface area contributed by atoms with Crippen molar-refractivity contribution in [3.63, 3.8) is 0 Å². The van der Waals surface area contributed by atoms with Gasteiger partial charge in [0.1, 0.15) is 0 Å². The van der Waals surface area contributed by atoms with Crippen LogP contribution in [0.15, 0.2) is 27.1 Å². The van der Waals surface area contributed by atoms with E-state index in [1.54, 1.807) is 30.0 Å². The molecule has 0 aromatic carbocycles. The number of thioether (sulfide) groups is 1. The van der Waals surface area contributed by atoms with Crippen molar-refractivity contribution in [3.8, 4) is 10.7 Å². The van der Waals surface area contributed by atoms with Gasteiger partial charge in [-0.05, 0) is 24.3 Å². The molecule has 1 aliphatic heterocycles. The van der Waals surface area contributed by atoms with Gasteiger partial charge >= 0.3 is 0 Å². The lowest BCUT2D eigenvalue weighted by atomic mass is 10.2. The lowest BCUT2D eigenvalue weighted by Crippen LogP contribution is -2.16. The first kappa shape index (κ1) is 15.8. The number of nitrogens with zero attached hydrogens (tertiary/aromatic N) is 5. The molecule has 0 spiro atoms. The first-order chi connectivity index (χ1) is 11.8. The number of ether oxygens (including phenoxy) is 1. The molecule has 0 aliphatic carbocycles. The van der Waals surface area contributed by atoms with Gasteiger partial charge in [-0.15, -0.1) is 31.7 Å². The number of hydrogen-bond acceptors (Lipinski definition) is 8. The monoisotopic (exact) mass is 363 g/mol. The van der Waals surface area contributed by atoms with Crippen LogP contribution in [0.4, 0.5) is 0 Å². The van der Waals surface area contributed by atoms with Crippen molar-refractivity contribution in [2.45, 2.75) is 43.3 Å². The largest absolute Gasteiger partial charge is 0.425 e. The number of aryl methyl sites for hydroxylation is 1. The fourth-order valence-corrected chi connectivity index (χ4v) is 4.16. The summed E-state index contributed by atoms with van der Waals surface area (Å²) in [5, 5.41) is 19.6. The van der Waals surface area contributed by atoms with E-state index in [0.717, 1.165) is 41.9 Å². The lowest BCUT2D eigenvalue weighted by molar-refractivity contribution is 0.0953. The van der Waals surface area contributed by atoms with Gasteiger partial charge in [0.2, 0.25) is 11.8 Å². The van der Waals surface area contributed by atoms with Gasteiger partial charge in [0, 0.05) is 13.5 Å². The summed E-state index contributed by atoms with van der Waals surface area (Å²) in [6.07, 6.45) is 2.42. The first-order valence-corrected chi connectivity index (χ1v) is 9.66. The average molecular weight is 363 g/mol. The molecular weight excluding hydrogens is 346 g/mol. The molecule has 24 heavy (non-hydrogen) atoms. The predicted octanol–water partition coefficient (Wildman–Crippen LogP) is 3.17. The lowest BCUT2D eigenvalue weighted by Gasteiger charge is -2.13. The Morgan fingerprint density at radius 2 is 2.29 bits per heavy atom. The maximum Gasteiger partial charge on any atom is 0.226 e. The van der Waals surface area contributed by atoms with Crippen LogP contribution in [0.1, 0.15) is 24.6 Å². The second kappa shape index (κ2) is 7.04. The van der Waals surface area contributed by atoms with Crippen molar-refractivity contribution in [2.75, 3.05) is 6.61 Å². The maximum atomic E-state index is 5.80. The normalized spacial score (nSPS) is 17.6. The van der Waals surface area contributed by atoms with Gasteiger partial charge in [0.15, 0.2) is 11.0 Å². The van der Waals surface area contributed by atoms with Crippen molar-refractivity contribution in [1.29, 1.82) is 0 Å². The molecule has 0 bridgehead atoms. The predicted molar refractivity (Wildman–Crippen MR) is 90.9 cm³/mol. The molecule has 126 valence electrons. The molecule has 1 unspecified atom stereocenters. The van der Waals surface area contributed by atoms with Crippen LogP contribution in [0.5, 0.6) is 0 Å². The molecule has 7 nitrogen and oxygen atoms in total. The van der Waals surface area contributed by atoms with Crippen LogP contribution in [-0.4, -0.2) is 37.7 Å². The molecule has 1 aliphatic rings. The fourth-order valence-electron chi connectivity index (χ4n) is 2.66. The summed E-state index contributed by atoms with van der Waals surface area (Å²) in [5.74, 6) is 2.65. The molecule has 0 amide bonds. The van der Waals surface area contributed by atoms with E-state index in [4.69, 9.17) is 9.15 Å². The average Bonchev–Trinajstić information content (AvgIpc) is 3.34. The summed E-state index contributed by atoms with van der Waals surface area (Å²) < 4.78 is 13.4. The molecule has 9 heteroatoms. The van der Waals surface area contributed by atoms with E-state index in [2.05, 4.69) is 36.4 Å². The third kappa shape index (κ3) is 3.38. The van der Waals surface area contributed by atoms with E-state index >= 15 is 0 Å². The number of hydrogen-bond donors (Lipinski definition) is 0. The Bertz CT molecular complexity index is 793. The first-order valence-electron chi connectivity index (χ1n) is 7.80. The second-order valence-corrected chi connectivity index (χ2v) is 7.42. The summed E-state index contributed by atoms with van der Waals surface area (Å²) in [7, 11) is 0. The number of rotatable bonds is 6. The van der Waals surface area contributed by atoms with Gasteiger partial charge in [-0.1, -0.05) is 17.8 Å². The minimum absolute atomic E-state index is 0.227. The Morgan fingerprint density at radius 3 is 3.00 bits per heavy atom. The third-order valence-electron chi connectivity index (χ3n) is 3.76. The zero-order valence-corrected chi connectivity index (χ0v) is 14.8. The molecule has 0 N–H and O–H groups in total. The Hall–Kier alpha value is -1.71. The van der Waals surface area contributed by atoms with Crippen LogP contribution in [0.3, 0.4) is 0 Å². The second-order valence-electron chi connectivity index (χ2n) is 5.53.